The van der Waals surface area contributed by atoms with Gasteiger partial charge in [0.05, 0.1) is 17.6 Å². The van der Waals surface area contributed by atoms with E-state index in [0.717, 1.165) is 37.2 Å². The Labute approximate surface area is 176 Å². The Bertz CT molecular complexity index is 908. The first-order valence-electron chi connectivity index (χ1n) is 10.00. The van der Waals surface area contributed by atoms with Crippen molar-refractivity contribution in [3.8, 4) is 0 Å². The van der Waals surface area contributed by atoms with Crippen molar-refractivity contribution in [2.24, 2.45) is 11.7 Å². The lowest BCUT2D eigenvalue weighted by molar-refractivity contribution is -0.134. The van der Waals surface area contributed by atoms with E-state index in [1.54, 1.807) is 37.2 Å². The highest BCUT2D eigenvalue weighted by molar-refractivity contribution is 5.98. The first kappa shape index (κ1) is 21.7. The number of primary amides is 1. The molecule has 1 aliphatic rings. The second kappa shape index (κ2) is 9.21. The van der Waals surface area contributed by atoms with Crippen molar-refractivity contribution in [2.45, 2.75) is 26.3 Å². The molecule has 0 atom stereocenters. The average molecular weight is 413 g/mol. The minimum absolute atomic E-state index is 0.0405. The van der Waals surface area contributed by atoms with E-state index in [9.17, 15) is 14.0 Å². The fraction of sp³-hybridized carbons (Fsp3) is 0.409. The lowest BCUT2D eigenvalue weighted by atomic mass is 9.95. The molecule has 3 amide bonds. The van der Waals surface area contributed by atoms with Crippen LogP contribution in [0.25, 0.3) is 0 Å². The van der Waals surface area contributed by atoms with Crippen molar-refractivity contribution in [1.82, 2.24) is 14.8 Å². The largest absolute Gasteiger partial charge is 0.351 e. The number of amides is 3. The van der Waals surface area contributed by atoms with Gasteiger partial charge in [-0.15, -0.1) is 0 Å². The fourth-order valence-corrected chi connectivity index (χ4v) is 3.81. The first-order chi connectivity index (χ1) is 14.2. The molecule has 0 aliphatic carbocycles. The van der Waals surface area contributed by atoms with Crippen LogP contribution in [0.2, 0.25) is 0 Å². The molecule has 0 radical (unpaired) electrons. The van der Waals surface area contributed by atoms with Crippen molar-refractivity contribution in [3.63, 3.8) is 0 Å². The molecule has 1 aliphatic heterocycles. The van der Waals surface area contributed by atoms with Gasteiger partial charge in [0.25, 0.3) is 0 Å². The standard InChI is InChI=1S/C22H28FN5O2/c1-15-4-5-19(13-25-15)28(22(24)30)20-11-16(10-18(23)12-20)14-27-8-6-17(7-9-27)21(29)26(2)3/h4-5,10-13,17H,6-9,14H2,1-3H3,(H2,24,30). The maximum absolute atomic E-state index is 14.4. The molecule has 0 unspecified atom stereocenters. The van der Waals surface area contributed by atoms with Gasteiger partial charge in [0.1, 0.15) is 5.82 Å². The molecule has 0 saturated carbocycles. The quantitative estimate of drug-likeness (QED) is 0.817. The van der Waals surface area contributed by atoms with Crippen LogP contribution in [0.3, 0.4) is 0 Å². The van der Waals surface area contributed by atoms with E-state index >= 15 is 0 Å². The van der Waals surface area contributed by atoms with E-state index < -0.39 is 11.8 Å². The van der Waals surface area contributed by atoms with Gasteiger partial charge in [-0.2, -0.15) is 0 Å². The summed E-state index contributed by atoms with van der Waals surface area (Å²) in [5, 5.41) is 0. The number of piperidine rings is 1. The zero-order valence-corrected chi connectivity index (χ0v) is 17.6. The van der Waals surface area contributed by atoms with Crippen molar-refractivity contribution in [3.05, 3.63) is 53.6 Å². The summed E-state index contributed by atoms with van der Waals surface area (Å²) < 4.78 is 14.4. The summed E-state index contributed by atoms with van der Waals surface area (Å²) in [5.74, 6) is -0.239. The number of likely N-dealkylation sites (tertiary alicyclic amines) is 1. The zero-order valence-electron chi connectivity index (χ0n) is 17.6. The lowest BCUT2D eigenvalue weighted by Crippen LogP contribution is -2.39. The number of aromatic nitrogens is 1. The number of anilines is 2. The third kappa shape index (κ3) is 5.13. The van der Waals surface area contributed by atoms with Gasteiger partial charge in [0, 0.05) is 32.3 Å². The minimum atomic E-state index is -0.708. The van der Waals surface area contributed by atoms with E-state index in [-0.39, 0.29) is 11.8 Å². The molecule has 1 fully saturated rings. The van der Waals surface area contributed by atoms with Crippen LogP contribution in [0, 0.1) is 18.7 Å². The molecule has 1 aromatic carbocycles. The summed E-state index contributed by atoms with van der Waals surface area (Å²) in [6.07, 6.45) is 3.10. The van der Waals surface area contributed by atoms with Crippen LogP contribution in [0.4, 0.5) is 20.6 Å². The van der Waals surface area contributed by atoms with Gasteiger partial charge in [-0.3, -0.25) is 19.6 Å². The third-order valence-corrected chi connectivity index (χ3v) is 5.36. The summed E-state index contributed by atoms with van der Waals surface area (Å²) in [6.45, 7) is 3.90. The Kier molecular flexibility index (Phi) is 6.66. The highest BCUT2D eigenvalue weighted by Crippen LogP contribution is 2.28. The van der Waals surface area contributed by atoms with Crippen LogP contribution in [0.5, 0.6) is 0 Å². The van der Waals surface area contributed by atoms with Crippen LogP contribution in [-0.2, 0) is 11.3 Å². The number of halogens is 1. The number of pyridine rings is 1. The number of carbonyl (C=O) groups excluding carboxylic acids is 2. The van der Waals surface area contributed by atoms with Gasteiger partial charge < -0.3 is 10.6 Å². The van der Waals surface area contributed by atoms with E-state index in [1.165, 1.54) is 23.2 Å². The normalized spacial score (nSPS) is 15.1. The van der Waals surface area contributed by atoms with Crippen LogP contribution in [-0.4, -0.2) is 53.9 Å². The third-order valence-electron chi connectivity index (χ3n) is 5.36. The molecule has 2 N–H and O–H groups in total. The van der Waals surface area contributed by atoms with E-state index in [1.807, 2.05) is 6.92 Å². The Hall–Kier alpha value is -3.00. The van der Waals surface area contributed by atoms with Crippen LogP contribution < -0.4 is 10.6 Å². The maximum Gasteiger partial charge on any atom is 0.323 e. The Balaban J connectivity index is 1.76. The molecule has 1 saturated heterocycles. The molecular weight excluding hydrogens is 385 g/mol. The van der Waals surface area contributed by atoms with Crippen molar-refractivity contribution in [2.75, 3.05) is 32.1 Å². The number of nitrogens with zero attached hydrogens (tertiary/aromatic N) is 4. The maximum atomic E-state index is 14.4. The molecule has 0 bridgehead atoms. The van der Waals surface area contributed by atoms with Gasteiger partial charge in [-0.05, 0) is 68.8 Å². The Morgan fingerprint density at radius 3 is 2.43 bits per heavy atom. The number of urea groups is 1. The molecular formula is C22H28FN5O2. The monoisotopic (exact) mass is 413 g/mol. The minimum Gasteiger partial charge on any atom is -0.351 e. The number of benzene rings is 1. The average Bonchev–Trinajstić information content (AvgIpc) is 2.69. The lowest BCUT2D eigenvalue weighted by Gasteiger charge is -2.32. The molecule has 2 aromatic rings. The second-order valence-corrected chi connectivity index (χ2v) is 7.93. The first-order valence-corrected chi connectivity index (χ1v) is 10.00. The fourth-order valence-electron chi connectivity index (χ4n) is 3.81. The zero-order chi connectivity index (χ0) is 21.8. The molecule has 2 heterocycles. The van der Waals surface area contributed by atoms with Gasteiger partial charge in [0.2, 0.25) is 5.91 Å². The summed E-state index contributed by atoms with van der Waals surface area (Å²) in [7, 11) is 3.55. The topological polar surface area (TPSA) is 82.8 Å². The molecule has 8 heteroatoms. The van der Waals surface area contributed by atoms with E-state index in [2.05, 4.69) is 9.88 Å². The van der Waals surface area contributed by atoms with Gasteiger partial charge in [0.15, 0.2) is 0 Å². The summed E-state index contributed by atoms with van der Waals surface area (Å²) in [6, 6.07) is 7.31. The molecule has 7 nitrogen and oxygen atoms in total. The Morgan fingerprint density at radius 2 is 1.87 bits per heavy atom. The van der Waals surface area contributed by atoms with Crippen molar-refractivity contribution >= 4 is 23.3 Å². The number of rotatable bonds is 5. The van der Waals surface area contributed by atoms with Crippen LogP contribution in [0.1, 0.15) is 24.1 Å². The highest BCUT2D eigenvalue weighted by Gasteiger charge is 2.26. The summed E-state index contributed by atoms with van der Waals surface area (Å²) in [4.78, 5) is 33.5. The number of aryl methyl sites for hydroxylation is 1. The molecule has 160 valence electrons. The smallest absolute Gasteiger partial charge is 0.323 e. The molecule has 30 heavy (non-hydrogen) atoms. The molecule has 1 aromatic heterocycles. The SMILES string of the molecule is Cc1ccc(N(C(N)=O)c2cc(F)cc(CN3CCC(C(=O)N(C)C)CC3)c2)cn1. The highest BCUT2D eigenvalue weighted by atomic mass is 19.1. The van der Waals surface area contributed by atoms with Crippen molar-refractivity contribution in [1.29, 1.82) is 0 Å². The van der Waals surface area contributed by atoms with Gasteiger partial charge >= 0.3 is 6.03 Å². The number of hydrogen-bond donors (Lipinski definition) is 1. The number of hydrogen-bond acceptors (Lipinski definition) is 4. The Morgan fingerprint density at radius 1 is 1.17 bits per heavy atom. The van der Waals surface area contributed by atoms with E-state index in [4.69, 9.17) is 5.73 Å². The van der Waals surface area contributed by atoms with Crippen molar-refractivity contribution < 1.29 is 14.0 Å². The van der Waals surface area contributed by atoms with Crippen LogP contribution >= 0.6 is 0 Å². The van der Waals surface area contributed by atoms with Gasteiger partial charge in [-0.1, -0.05) is 0 Å². The summed E-state index contributed by atoms with van der Waals surface area (Å²) >= 11 is 0. The predicted octanol–water partition coefficient (Wildman–Crippen LogP) is 3.05. The predicted molar refractivity (Wildman–Crippen MR) is 114 cm³/mol. The molecule has 3 rings (SSSR count). The number of nitrogens with two attached hydrogens (primary N) is 1. The second-order valence-electron chi connectivity index (χ2n) is 7.93. The number of carbonyl (C=O) groups is 2. The molecule has 0 spiro atoms. The van der Waals surface area contributed by atoms with Crippen LogP contribution in [0.15, 0.2) is 36.5 Å². The van der Waals surface area contributed by atoms with Gasteiger partial charge in [-0.25, -0.2) is 9.18 Å². The van der Waals surface area contributed by atoms with E-state index in [0.29, 0.717) is 17.9 Å². The summed E-state index contributed by atoms with van der Waals surface area (Å²) in [5.41, 5.74) is 7.97.